The third-order valence-electron chi connectivity index (χ3n) is 5.34. The van der Waals surface area contributed by atoms with Crippen molar-refractivity contribution in [1.29, 1.82) is 0 Å². The van der Waals surface area contributed by atoms with Gasteiger partial charge in [0, 0.05) is 12.1 Å². The molecule has 0 aliphatic carbocycles. The summed E-state index contributed by atoms with van der Waals surface area (Å²) in [6.45, 7) is 0. The van der Waals surface area contributed by atoms with Crippen LogP contribution in [0.1, 0.15) is 17.3 Å². The maximum atomic E-state index is 5.50. The van der Waals surface area contributed by atoms with Crippen molar-refractivity contribution in [1.82, 2.24) is 24.9 Å². The number of thioether (sulfide) groups is 1. The molecule has 8 heteroatoms. The van der Waals surface area contributed by atoms with Crippen LogP contribution in [0.15, 0.2) is 94.6 Å². The van der Waals surface area contributed by atoms with Crippen molar-refractivity contribution in [3.8, 4) is 22.8 Å². The minimum Gasteiger partial charge on any atom is -0.496 e. The summed E-state index contributed by atoms with van der Waals surface area (Å²) in [7, 11) is 1.63. The summed E-state index contributed by atoms with van der Waals surface area (Å²) in [5.41, 5.74) is 3.09. The molecule has 0 N–H and O–H groups in total. The minimum atomic E-state index is 0.478. The van der Waals surface area contributed by atoms with Gasteiger partial charge in [0.1, 0.15) is 11.6 Å². The molecular weight excluding hydrogens is 446 g/mol. The van der Waals surface area contributed by atoms with Crippen molar-refractivity contribution < 1.29 is 9.26 Å². The van der Waals surface area contributed by atoms with Gasteiger partial charge < -0.3 is 9.26 Å². The fraction of sp³-hybridized carbons (Fsp3) is 0.154. The summed E-state index contributed by atoms with van der Waals surface area (Å²) in [6, 6.07) is 28.2. The molecule has 0 unspecified atom stereocenters. The Morgan fingerprint density at radius 1 is 0.853 bits per heavy atom. The summed E-state index contributed by atoms with van der Waals surface area (Å²) in [5.74, 6) is 3.11. The molecular formula is C26H23N5O2S. The Bertz CT molecular complexity index is 1350. The van der Waals surface area contributed by atoms with E-state index < -0.39 is 0 Å². The zero-order valence-electron chi connectivity index (χ0n) is 18.7. The lowest BCUT2D eigenvalue weighted by molar-refractivity contribution is 0.390. The molecule has 0 spiro atoms. The smallest absolute Gasteiger partial charge is 0.237 e. The molecule has 0 aliphatic rings. The molecule has 3 aromatic carbocycles. The second-order valence-corrected chi connectivity index (χ2v) is 8.50. The fourth-order valence-corrected chi connectivity index (χ4v) is 4.48. The summed E-state index contributed by atoms with van der Waals surface area (Å²) in [5, 5.41) is 13.9. The Balaban J connectivity index is 1.36. The van der Waals surface area contributed by atoms with Crippen LogP contribution in [0.4, 0.5) is 0 Å². The van der Waals surface area contributed by atoms with Crippen molar-refractivity contribution in [2.45, 2.75) is 23.8 Å². The maximum absolute atomic E-state index is 5.50. The average molecular weight is 470 g/mol. The second kappa shape index (κ2) is 10.4. The van der Waals surface area contributed by atoms with Gasteiger partial charge in [0.05, 0.1) is 18.4 Å². The highest BCUT2D eigenvalue weighted by atomic mass is 32.2. The van der Waals surface area contributed by atoms with Gasteiger partial charge in [-0.15, -0.1) is 10.2 Å². The zero-order valence-corrected chi connectivity index (χ0v) is 19.5. The van der Waals surface area contributed by atoms with Gasteiger partial charge in [-0.1, -0.05) is 77.6 Å². The molecule has 34 heavy (non-hydrogen) atoms. The van der Waals surface area contributed by atoms with Gasteiger partial charge in [0.2, 0.25) is 11.7 Å². The van der Waals surface area contributed by atoms with Gasteiger partial charge >= 0.3 is 0 Å². The number of methoxy groups -OCH3 is 1. The molecule has 5 rings (SSSR count). The maximum Gasteiger partial charge on any atom is 0.237 e. The number of hydrogen-bond donors (Lipinski definition) is 0. The van der Waals surface area contributed by atoms with Crippen molar-refractivity contribution in [2.24, 2.45) is 0 Å². The molecule has 2 heterocycles. The van der Waals surface area contributed by atoms with Crippen molar-refractivity contribution >= 4 is 11.8 Å². The second-order valence-electron chi connectivity index (χ2n) is 7.56. The van der Waals surface area contributed by atoms with E-state index in [1.54, 1.807) is 7.11 Å². The predicted molar refractivity (Wildman–Crippen MR) is 131 cm³/mol. The van der Waals surface area contributed by atoms with E-state index in [0.29, 0.717) is 23.2 Å². The summed E-state index contributed by atoms with van der Waals surface area (Å²) in [6.07, 6.45) is 1.67. The van der Waals surface area contributed by atoms with E-state index >= 15 is 0 Å². The van der Waals surface area contributed by atoms with E-state index in [4.69, 9.17) is 9.26 Å². The van der Waals surface area contributed by atoms with Crippen molar-refractivity contribution in [3.63, 3.8) is 0 Å². The van der Waals surface area contributed by atoms with Crippen LogP contribution in [-0.2, 0) is 18.6 Å². The number of rotatable bonds is 9. The number of hydrogen-bond acceptors (Lipinski definition) is 7. The fourth-order valence-electron chi connectivity index (χ4n) is 3.67. The van der Waals surface area contributed by atoms with Crippen LogP contribution in [0.25, 0.3) is 17.1 Å². The number of ether oxygens (including phenoxy) is 1. The molecule has 0 radical (unpaired) electrons. The topological polar surface area (TPSA) is 78.9 Å². The van der Waals surface area contributed by atoms with E-state index in [2.05, 4.69) is 61.3 Å². The van der Waals surface area contributed by atoms with Gasteiger partial charge in [0.15, 0.2) is 5.16 Å². The molecule has 170 valence electrons. The van der Waals surface area contributed by atoms with Gasteiger partial charge in [-0.25, -0.2) is 0 Å². The van der Waals surface area contributed by atoms with E-state index in [0.717, 1.165) is 35.1 Å². The highest BCUT2D eigenvalue weighted by molar-refractivity contribution is 7.98. The molecule has 0 atom stereocenters. The quantitative estimate of drug-likeness (QED) is 0.267. The Morgan fingerprint density at radius 2 is 1.59 bits per heavy atom. The minimum absolute atomic E-state index is 0.478. The Kier molecular flexibility index (Phi) is 6.67. The normalized spacial score (nSPS) is 11.0. The first-order chi connectivity index (χ1) is 16.8. The molecule has 0 fully saturated rings. The van der Waals surface area contributed by atoms with Crippen LogP contribution >= 0.6 is 11.8 Å². The third-order valence-corrected chi connectivity index (χ3v) is 6.25. The molecule has 7 nitrogen and oxygen atoms in total. The molecule has 0 bridgehead atoms. The van der Waals surface area contributed by atoms with Gasteiger partial charge in [0.25, 0.3) is 0 Å². The zero-order chi connectivity index (χ0) is 23.2. The molecule has 0 aliphatic heterocycles. The average Bonchev–Trinajstić information content (AvgIpc) is 3.54. The Morgan fingerprint density at radius 3 is 2.38 bits per heavy atom. The summed E-state index contributed by atoms with van der Waals surface area (Å²) < 4.78 is 13.0. The highest BCUT2D eigenvalue weighted by Crippen LogP contribution is 2.29. The number of benzene rings is 3. The van der Waals surface area contributed by atoms with E-state index in [1.165, 1.54) is 17.3 Å². The third kappa shape index (κ3) is 4.87. The first-order valence-electron chi connectivity index (χ1n) is 10.9. The van der Waals surface area contributed by atoms with Crippen LogP contribution < -0.4 is 4.74 Å². The number of aryl methyl sites for hydroxylation is 2. The Labute approximate surface area is 201 Å². The summed E-state index contributed by atoms with van der Waals surface area (Å²) >= 11 is 1.52. The predicted octanol–water partition coefficient (Wildman–Crippen LogP) is 5.40. The Hall–Kier alpha value is -3.91. The van der Waals surface area contributed by atoms with Crippen LogP contribution in [0, 0.1) is 0 Å². The molecule has 5 aromatic rings. The van der Waals surface area contributed by atoms with Crippen molar-refractivity contribution in [2.75, 3.05) is 7.11 Å². The first-order valence-corrected chi connectivity index (χ1v) is 11.9. The first kappa shape index (κ1) is 21.9. The van der Waals surface area contributed by atoms with Crippen LogP contribution in [-0.4, -0.2) is 32.0 Å². The van der Waals surface area contributed by atoms with Gasteiger partial charge in [-0.2, -0.15) is 4.98 Å². The number of aromatic nitrogens is 5. The van der Waals surface area contributed by atoms with E-state index in [1.807, 2.05) is 48.5 Å². The van der Waals surface area contributed by atoms with Gasteiger partial charge in [-0.05, 0) is 36.2 Å². The van der Waals surface area contributed by atoms with Crippen LogP contribution in [0.5, 0.6) is 5.75 Å². The molecule has 0 amide bonds. The van der Waals surface area contributed by atoms with Gasteiger partial charge in [-0.3, -0.25) is 4.57 Å². The van der Waals surface area contributed by atoms with E-state index in [-0.39, 0.29) is 0 Å². The molecule has 2 aromatic heterocycles. The van der Waals surface area contributed by atoms with E-state index in [9.17, 15) is 0 Å². The number of para-hydroxylation sites is 2. The lowest BCUT2D eigenvalue weighted by Gasteiger charge is -2.09. The standard InChI is InChI=1S/C26H23N5O2S/c1-32-22-15-9-8-14-21(22)25-27-24(33-30-25)18-34-26-29-28-23(17-16-19-10-4-2-5-11-19)31(26)20-12-6-3-7-13-20/h2-15H,16-18H2,1H3. The summed E-state index contributed by atoms with van der Waals surface area (Å²) in [4.78, 5) is 4.55. The van der Waals surface area contributed by atoms with Crippen LogP contribution in [0.3, 0.4) is 0 Å². The molecule has 0 saturated carbocycles. The lowest BCUT2D eigenvalue weighted by Crippen LogP contribution is -2.04. The largest absolute Gasteiger partial charge is 0.496 e. The lowest BCUT2D eigenvalue weighted by atomic mass is 10.1. The highest BCUT2D eigenvalue weighted by Gasteiger charge is 2.17. The SMILES string of the molecule is COc1ccccc1-c1noc(CSc2nnc(CCc3ccccc3)n2-c2ccccc2)n1. The van der Waals surface area contributed by atoms with Crippen LogP contribution in [0.2, 0.25) is 0 Å². The van der Waals surface area contributed by atoms with Crippen molar-refractivity contribution in [3.05, 3.63) is 102 Å². The number of nitrogens with zero attached hydrogens (tertiary/aromatic N) is 5. The monoisotopic (exact) mass is 469 g/mol. The molecule has 0 saturated heterocycles.